The number of hydrogen-bond donors (Lipinski definition) is 4. The number of halogens is 2. The lowest BCUT2D eigenvalue weighted by Crippen LogP contribution is -2.31. The molecule has 0 atom stereocenters. The normalized spacial score (nSPS) is 10.2. The molecule has 0 aliphatic heterocycles. The highest BCUT2D eigenvalue weighted by molar-refractivity contribution is 6.40. The minimum atomic E-state index is -1.14. The molecule has 6 nitrogen and oxygen atoms in total. The Morgan fingerprint density at radius 3 is 2.33 bits per heavy atom. The van der Waals surface area contributed by atoms with Crippen molar-refractivity contribution in [2.24, 2.45) is 0 Å². The van der Waals surface area contributed by atoms with E-state index in [1.54, 1.807) is 0 Å². The summed E-state index contributed by atoms with van der Waals surface area (Å²) in [5.41, 5.74) is 0.147. The van der Waals surface area contributed by atoms with Gasteiger partial charge in [0, 0.05) is 6.54 Å². The number of carbonyl (C=O) groups is 2. The van der Waals surface area contributed by atoms with Crippen LogP contribution in [0.25, 0.3) is 0 Å². The molecule has 0 bridgehead atoms. The zero-order chi connectivity index (χ0) is 15.8. The fourth-order valence-corrected chi connectivity index (χ4v) is 2.15. The van der Waals surface area contributed by atoms with Crippen molar-refractivity contribution in [3.63, 3.8) is 0 Å². The SMILES string of the molecule is CCNCCCNC(=O)Nc1c(Cl)cc(C(=O)O)cc1Cl. The molecular formula is C13H17Cl2N3O3. The zero-order valence-corrected chi connectivity index (χ0v) is 13.0. The van der Waals surface area contributed by atoms with E-state index in [9.17, 15) is 9.59 Å². The van der Waals surface area contributed by atoms with E-state index in [-0.39, 0.29) is 21.3 Å². The van der Waals surface area contributed by atoms with Crippen LogP contribution in [0.5, 0.6) is 0 Å². The van der Waals surface area contributed by atoms with Gasteiger partial charge in [-0.2, -0.15) is 0 Å². The second-order valence-corrected chi connectivity index (χ2v) is 5.02. The zero-order valence-electron chi connectivity index (χ0n) is 11.5. The summed E-state index contributed by atoms with van der Waals surface area (Å²) in [4.78, 5) is 22.5. The van der Waals surface area contributed by atoms with Gasteiger partial charge in [-0.25, -0.2) is 9.59 Å². The molecule has 8 heteroatoms. The first-order valence-electron chi connectivity index (χ1n) is 6.43. The summed E-state index contributed by atoms with van der Waals surface area (Å²) < 4.78 is 0. The smallest absolute Gasteiger partial charge is 0.335 e. The highest BCUT2D eigenvalue weighted by Crippen LogP contribution is 2.31. The number of carboxylic acids is 1. The van der Waals surface area contributed by atoms with Gasteiger partial charge in [0.25, 0.3) is 0 Å². The molecule has 1 aromatic rings. The van der Waals surface area contributed by atoms with Crippen LogP contribution < -0.4 is 16.0 Å². The molecule has 1 rings (SSSR count). The van der Waals surface area contributed by atoms with E-state index in [0.717, 1.165) is 19.5 Å². The molecule has 4 N–H and O–H groups in total. The van der Waals surface area contributed by atoms with Gasteiger partial charge in [0.05, 0.1) is 21.3 Å². The van der Waals surface area contributed by atoms with Crippen LogP contribution in [0.3, 0.4) is 0 Å². The van der Waals surface area contributed by atoms with Crippen LogP contribution in [0.4, 0.5) is 10.5 Å². The highest BCUT2D eigenvalue weighted by Gasteiger charge is 2.14. The number of carboxylic acid groups (broad SMARTS) is 1. The van der Waals surface area contributed by atoms with Crippen molar-refractivity contribution >= 4 is 40.9 Å². The quantitative estimate of drug-likeness (QED) is 0.577. The lowest BCUT2D eigenvalue weighted by atomic mass is 10.2. The molecule has 1 aromatic carbocycles. The first-order valence-corrected chi connectivity index (χ1v) is 7.19. The van der Waals surface area contributed by atoms with E-state index in [1.165, 1.54) is 12.1 Å². The fourth-order valence-electron chi connectivity index (χ4n) is 1.57. The number of anilines is 1. The van der Waals surface area contributed by atoms with Crippen LogP contribution in [-0.4, -0.2) is 36.7 Å². The van der Waals surface area contributed by atoms with Crippen molar-refractivity contribution < 1.29 is 14.7 Å². The molecule has 0 fully saturated rings. The Morgan fingerprint density at radius 1 is 1.19 bits per heavy atom. The number of carbonyl (C=O) groups excluding carboxylic acids is 1. The number of hydrogen-bond acceptors (Lipinski definition) is 3. The second-order valence-electron chi connectivity index (χ2n) is 4.21. The van der Waals surface area contributed by atoms with Crippen LogP contribution in [0.1, 0.15) is 23.7 Å². The predicted octanol–water partition coefficient (Wildman–Crippen LogP) is 2.81. The van der Waals surface area contributed by atoms with Crippen molar-refractivity contribution in [3.05, 3.63) is 27.7 Å². The van der Waals surface area contributed by atoms with Gasteiger partial charge in [-0.3, -0.25) is 0 Å². The summed E-state index contributed by atoms with van der Waals surface area (Å²) in [6, 6.07) is 2.02. The van der Waals surface area contributed by atoms with Gasteiger partial charge in [0.1, 0.15) is 0 Å². The van der Waals surface area contributed by atoms with Crippen molar-refractivity contribution in [2.45, 2.75) is 13.3 Å². The van der Waals surface area contributed by atoms with Gasteiger partial charge in [-0.15, -0.1) is 0 Å². The third-order valence-electron chi connectivity index (χ3n) is 2.59. The lowest BCUT2D eigenvalue weighted by molar-refractivity contribution is 0.0697. The highest BCUT2D eigenvalue weighted by atomic mass is 35.5. The number of aromatic carboxylic acids is 1. The second kappa shape index (κ2) is 8.71. The van der Waals surface area contributed by atoms with E-state index in [4.69, 9.17) is 28.3 Å². The van der Waals surface area contributed by atoms with Crippen molar-refractivity contribution in [3.8, 4) is 0 Å². The molecule has 2 amide bonds. The molecule has 0 spiro atoms. The van der Waals surface area contributed by atoms with E-state index < -0.39 is 12.0 Å². The third kappa shape index (κ3) is 5.79. The lowest BCUT2D eigenvalue weighted by Gasteiger charge is -2.11. The van der Waals surface area contributed by atoms with Crippen molar-refractivity contribution in [1.29, 1.82) is 0 Å². The maximum absolute atomic E-state index is 11.7. The molecule has 0 aliphatic rings. The molecular weight excluding hydrogens is 317 g/mol. The Hall–Kier alpha value is -1.50. The maximum Gasteiger partial charge on any atom is 0.335 e. The molecule has 0 saturated carbocycles. The minimum absolute atomic E-state index is 0.0402. The van der Waals surface area contributed by atoms with E-state index in [1.807, 2.05) is 6.92 Å². The predicted molar refractivity (Wildman–Crippen MR) is 83.6 cm³/mol. The average molecular weight is 334 g/mol. The topological polar surface area (TPSA) is 90.5 Å². The largest absolute Gasteiger partial charge is 0.478 e. The number of rotatable bonds is 7. The van der Waals surface area contributed by atoms with Gasteiger partial charge in [0.15, 0.2) is 0 Å². The molecule has 116 valence electrons. The van der Waals surface area contributed by atoms with Gasteiger partial charge in [0.2, 0.25) is 0 Å². The first-order chi connectivity index (χ1) is 9.95. The summed E-state index contributed by atoms with van der Waals surface area (Å²) in [5, 5.41) is 17.3. The van der Waals surface area contributed by atoms with Gasteiger partial charge >= 0.3 is 12.0 Å². The van der Waals surface area contributed by atoms with Crippen LogP contribution >= 0.6 is 23.2 Å². The summed E-state index contributed by atoms with van der Waals surface area (Å²) in [6.07, 6.45) is 0.792. The van der Waals surface area contributed by atoms with Crippen LogP contribution in [0, 0.1) is 0 Å². The molecule has 0 heterocycles. The Balaban J connectivity index is 2.58. The molecule has 0 aromatic heterocycles. The number of urea groups is 1. The van der Waals surface area contributed by atoms with Crippen molar-refractivity contribution in [1.82, 2.24) is 10.6 Å². The van der Waals surface area contributed by atoms with Crippen molar-refractivity contribution in [2.75, 3.05) is 25.0 Å². The van der Waals surface area contributed by atoms with Gasteiger partial charge in [-0.05, 0) is 31.6 Å². The molecule has 21 heavy (non-hydrogen) atoms. The summed E-state index contributed by atoms with van der Waals surface area (Å²) in [6.45, 7) is 4.20. The van der Waals surface area contributed by atoms with Crippen LogP contribution in [-0.2, 0) is 0 Å². The Morgan fingerprint density at radius 2 is 1.81 bits per heavy atom. The Kier molecular flexibility index (Phi) is 7.28. The molecule has 0 aliphatic carbocycles. The molecule has 0 unspecified atom stereocenters. The molecule has 0 radical (unpaired) electrons. The van der Waals surface area contributed by atoms with E-state index in [2.05, 4.69) is 16.0 Å². The Labute approximate surface area is 132 Å². The number of amides is 2. The Bertz CT molecular complexity index is 500. The summed E-state index contributed by atoms with van der Waals surface area (Å²) in [5.74, 6) is -1.14. The van der Waals surface area contributed by atoms with Crippen LogP contribution in [0.2, 0.25) is 10.0 Å². The number of nitrogens with one attached hydrogen (secondary N) is 3. The van der Waals surface area contributed by atoms with E-state index >= 15 is 0 Å². The molecule has 0 saturated heterocycles. The first kappa shape index (κ1) is 17.6. The average Bonchev–Trinajstić information content (AvgIpc) is 2.42. The van der Waals surface area contributed by atoms with Gasteiger partial charge < -0.3 is 21.1 Å². The monoisotopic (exact) mass is 333 g/mol. The number of benzene rings is 1. The minimum Gasteiger partial charge on any atom is -0.478 e. The van der Waals surface area contributed by atoms with Crippen LogP contribution in [0.15, 0.2) is 12.1 Å². The van der Waals surface area contributed by atoms with E-state index in [0.29, 0.717) is 6.54 Å². The summed E-state index contributed by atoms with van der Waals surface area (Å²) >= 11 is 11.9. The third-order valence-corrected chi connectivity index (χ3v) is 3.19. The fraction of sp³-hybridized carbons (Fsp3) is 0.385. The summed E-state index contributed by atoms with van der Waals surface area (Å²) in [7, 11) is 0. The maximum atomic E-state index is 11.7. The van der Waals surface area contributed by atoms with Gasteiger partial charge in [-0.1, -0.05) is 30.1 Å². The standard InChI is InChI=1S/C13H17Cl2N3O3/c1-2-16-4-3-5-17-13(21)18-11-9(14)6-8(12(19)20)7-10(11)15/h6-7,16H,2-5H2,1H3,(H,19,20)(H2,17,18,21).